The van der Waals surface area contributed by atoms with Gasteiger partial charge < -0.3 is 0 Å². The summed E-state index contributed by atoms with van der Waals surface area (Å²) < 4.78 is 1.08. The van der Waals surface area contributed by atoms with Gasteiger partial charge >= 0.3 is 0 Å². The molecule has 0 aliphatic heterocycles. The predicted octanol–water partition coefficient (Wildman–Crippen LogP) is 3.04. The minimum Gasteiger partial charge on any atom is -0.295 e. The Labute approximate surface area is 76.0 Å². The highest BCUT2D eigenvalue weighted by Gasteiger charge is 2.30. The summed E-state index contributed by atoms with van der Waals surface area (Å²) in [5.74, 6) is 0.288. The molecule has 0 spiro atoms. The molecule has 0 N–H and O–H groups in total. The smallest absolute Gasteiger partial charge is 0.159 e. The van der Waals surface area contributed by atoms with Crippen LogP contribution in [0.25, 0.3) is 0 Å². The monoisotopic (exact) mass is 216 g/mol. The standard InChI is InChI=1S/C9H13BrO/c1-6-7(11)4-5-9(2,3)8(6)10/h4-5H2,1-3H3. The van der Waals surface area contributed by atoms with Crippen LogP contribution < -0.4 is 0 Å². The van der Waals surface area contributed by atoms with E-state index in [1.54, 1.807) is 0 Å². The molecule has 0 atom stereocenters. The summed E-state index contributed by atoms with van der Waals surface area (Å²) in [5, 5.41) is 0. The second-order valence-electron chi connectivity index (χ2n) is 3.75. The van der Waals surface area contributed by atoms with Gasteiger partial charge in [-0.2, -0.15) is 0 Å². The number of allylic oxidation sites excluding steroid dienone is 2. The Bertz CT molecular complexity index is 226. The first-order valence-electron chi connectivity index (χ1n) is 3.85. The van der Waals surface area contributed by atoms with Crippen molar-refractivity contribution in [3.8, 4) is 0 Å². The zero-order chi connectivity index (χ0) is 8.65. The Morgan fingerprint density at radius 2 is 2.00 bits per heavy atom. The third-order valence-corrected chi connectivity index (χ3v) is 3.99. The summed E-state index contributed by atoms with van der Waals surface area (Å²) in [6.07, 6.45) is 1.66. The van der Waals surface area contributed by atoms with Gasteiger partial charge in [0.25, 0.3) is 0 Å². The van der Waals surface area contributed by atoms with Crippen LogP contribution in [-0.2, 0) is 4.79 Å². The van der Waals surface area contributed by atoms with Crippen LogP contribution in [0.15, 0.2) is 10.1 Å². The largest absolute Gasteiger partial charge is 0.295 e. The van der Waals surface area contributed by atoms with Gasteiger partial charge in [-0.25, -0.2) is 0 Å². The van der Waals surface area contributed by atoms with Crippen LogP contribution in [0.5, 0.6) is 0 Å². The third-order valence-electron chi connectivity index (χ3n) is 2.32. The van der Waals surface area contributed by atoms with E-state index in [2.05, 4.69) is 29.8 Å². The van der Waals surface area contributed by atoms with Crippen molar-refractivity contribution in [1.29, 1.82) is 0 Å². The molecule has 0 saturated carbocycles. The lowest BCUT2D eigenvalue weighted by Crippen LogP contribution is -2.22. The van der Waals surface area contributed by atoms with E-state index in [0.29, 0.717) is 6.42 Å². The highest BCUT2D eigenvalue weighted by molar-refractivity contribution is 9.11. The average Bonchev–Trinajstić information content (AvgIpc) is 1.95. The van der Waals surface area contributed by atoms with Gasteiger partial charge in [-0.3, -0.25) is 4.79 Å². The first kappa shape index (κ1) is 8.98. The molecule has 0 fully saturated rings. The molecule has 11 heavy (non-hydrogen) atoms. The van der Waals surface area contributed by atoms with Gasteiger partial charge in [0, 0.05) is 16.5 Å². The molecule has 1 nitrogen and oxygen atoms in total. The van der Waals surface area contributed by atoms with E-state index >= 15 is 0 Å². The number of ketones is 1. The lowest BCUT2D eigenvalue weighted by atomic mass is 9.79. The molecule has 1 rings (SSSR count). The molecule has 0 heterocycles. The van der Waals surface area contributed by atoms with E-state index < -0.39 is 0 Å². The Morgan fingerprint density at radius 3 is 2.45 bits per heavy atom. The Kier molecular flexibility index (Phi) is 2.24. The number of hydrogen-bond acceptors (Lipinski definition) is 1. The zero-order valence-corrected chi connectivity index (χ0v) is 8.79. The second-order valence-corrected chi connectivity index (χ2v) is 4.54. The highest BCUT2D eigenvalue weighted by atomic mass is 79.9. The molecule has 1 aliphatic rings. The molecule has 62 valence electrons. The molecule has 0 saturated heterocycles. The maximum Gasteiger partial charge on any atom is 0.159 e. The molecule has 2 heteroatoms. The van der Waals surface area contributed by atoms with Crippen molar-refractivity contribution in [3.05, 3.63) is 10.1 Å². The SMILES string of the molecule is CC1=C(Br)C(C)(C)CCC1=O. The normalized spacial score (nSPS) is 24.2. The molecule has 1 aliphatic carbocycles. The number of rotatable bonds is 0. The fourth-order valence-corrected chi connectivity index (χ4v) is 1.77. The van der Waals surface area contributed by atoms with Crippen molar-refractivity contribution in [2.24, 2.45) is 5.41 Å². The van der Waals surface area contributed by atoms with Gasteiger partial charge in [-0.15, -0.1) is 0 Å². The van der Waals surface area contributed by atoms with Crippen molar-refractivity contribution < 1.29 is 4.79 Å². The Hall–Kier alpha value is -0.110. The Morgan fingerprint density at radius 1 is 1.45 bits per heavy atom. The summed E-state index contributed by atoms with van der Waals surface area (Å²) >= 11 is 3.47. The van der Waals surface area contributed by atoms with Gasteiger partial charge in [0.2, 0.25) is 0 Å². The summed E-state index contributed by atoms with van der Waals surface area (Å²) in [6.45, 7) is 6.22. The van der Waals surface area contributed by atoms with Gasteiger partial charge in [-0.05, 0) is 18.8 Å². The fourth-order valence-electron chi connectivity index (χ4n) is 1.35. The van der Waals surface area contributed by atoms with Crippen LogP contribution in [0.1, 0.15) is 33.6 Å². The van der Waals surface area contributed by atoms with Crippen LogP contribution in [0.3, 0.4) is 0 Å². The molecule has 0 radical (unpaired) electrons. The zero-order valence-electron chi connectivity index (χ0n) is 7.20. The molecule has 0 aromatic carbocycles. The third kappa shape index (κ3) is 1.56. The minimum absolute atomic E-state index is 0.165. The van der Waals surface area contributed by atoms with Crippen molar-refractivity contribution in [3.63, 3.8) is 0 Å². The molecular formula is C9H13BrO. The molecule has 0 amide bonds. The first-order chi connectivity index (χ1) is 4.95. The second kappa shape index (κ2) is 2.74. The van der Waals surface area contributed by atoms with E-state index in [-0.39, 0.29) is 11.2 Å². The van der Waals surface area contributed by atoms with Crippen molar-refractivity contribution in [2.45, 2.75) is 33.6 Å². The van der Waals surface area contributed by atoms with E-state index in [4.69, 9.17) is 0 Å². The van der Waals surface area contributed by atoms with Gasteiger partial charge in [0.05, 0.1) is 0 Å². The quantitative estimate of drug-likeness (QED) is 0.609. The van der Waals surface area contributed by atoms with E-state index in [1.165, 1.54) is 0 Å². The topological polar surface area (TPSA) is 17.1 Å². The number of Topliss-reactive ketones (excluding diaryl/α,β-unsaturated/α-hetero) is 1. The van der Waals surface area contributed by atoms with Crippen LogP contribution in [0, 0.1) is 5.41 Å². The van der Waals surface area contributed by atoms with Crippen molar-refractivity contribution in [1.82, 2.24) is 0 Å². The summed E-state index contributed by atoms with van der Waals surface area (Å²) in [6, 6.07) is 0. The van der Waals surface area contributed by atoms with Crippen molar-refractivity contribution >= 4 is 21.7 Å². The number of hydrogen-bond donors (Lipinski definition) is 0. The van der Waals surface area contributed by atoms with E-state index in [0.717, 1.165) is 16.5 Å². The predicted molar refractivity (Wildman–Crippen MR) is 49.6 cm³/mol. The van der Waals surface area contributed by atoms with Crippen LogP contribution >= 0.6 is 15.9 Å². The van der Waals surface area contributed by atoms with E-state index in [9.17, 15) is 4.79 Å². The molecule has 0 aromatic rings. The molecule has 0 aromatic heterocycles. The first-order valence-corrected chi connectivity index (χ1v) is 4.64. The maximum atomic E-state index is 11.2. The average molecular weight is 217 g/mol. The lowest BCUT2D eigenvalue weighted by Gasteiger charge is -2.29. The summed E-state index contributed by atoms with van der Waals surface area (Å²) in [5.41, 5.74) is 1.07. The van der Waals surface area contributed by atoms with Gasteiger partial charge in [0.1, 0.15) is 0 Å². The molecule has 0 bridgehead atoms. The van der Waals surface area contributed by atoms with Gasteiger partial charge in [-0.1, -0.05) is 29.8 Å². The minimum atomic E-state index is 0.165. The number of carbonyl (C=O) groups is 1. The number of carbonyl (C=O) groups excluding carboxylic acids is 1. The summed E-state index contributed by atoms with van der Waals surface area (Å²) in [4.78, 5) is 11.2. The van der Waals surface area contributed by atoms with Crippen LogP contribution in [0.2, 0.25) is 0 Å². The van der Waals surface area contributed by atoms with E-state index in [1.807, 2.05) is 6.92 Å². The van der Waals surface area contributed by atoms with Crippen LogP contribution in [0.4, 0.5) is 0 Å². The number of halogens is 1. The molecular weight excluding hydrogens is 204 g/mol. The van der Waals surface area contributed by atoms with Gasteiger partial charge in [0.15, 0.2) is 5.78 Å². The highest BCUT2D eigenvalue weighted by Crippen LogP contribution is 2.41. The maximum absolute atomic E-state index is 11.2. The molecule has 0 unspecified atom stereocenters. The summed E-state index contributed by atoms with van der Waals surface area (Å²) in [7, 11) is 0. The fraction of sp³-hybridized carbons (Fsp3) is 0.667. The lowest BCUT2D eigenvalue weighted by molar-refractivity contribution is -0.116. The van der Waals surface area contributed by atoms with Crippen molar-refractivity contribution in [2.75, 3.05) is 0 Å². The Balaban J connectivity index is 3.07. The van der Waals surface area contributed by atoms with Crippen LogP contribution in [-0.4, -0.2) is 5.78 Å².